The normalized spacial score (nSPS) is 16.3. The van der Waals surface area contributed by atoms with Crippen molar-refractivity contribution in [3.8, 4) is 0 Å². The van der Waals surface area contributed by atoms with Crippen molar-refractivity contribution in [2.24, 2.45) is 0 Å². The van der Waals surface area contributed by atoms with Crippen molar-refractivity contribution < 1.29 is 17.9 Å². The molecule has 0 unspecified atom stereocenters. The maximum Gasteiger partial charge on any atom is 0.244 e. The van der Waals surface area contributed by atoms with E-state index in [1.165, 1.54) is 16.4 Å². The molecule has 1 aliphatic heterocycles. The number of sulfonamides is 1. The minimum Gasteiger partial charge on any atom is -0.381 e. The van der Waals surface area contributed by atoms with Crippen LogP contribution in [-0.2, 0) is 25.0 Å². The fraction of sp³-hybridized carbons (Fsp3) is 0.409. The Morgan fingerprint density at radius 3 is 2.39 bits per heavy atom. The van der Waals surface area contributed by atoms with Gasteiger partial charge in [-0.05, 0) is 48.7 Å². The number of ether oxygens (including phenoxy) is 1. The van der Waals surface area contributed by atoms with Crippen LogP contribution in [0.4, 0.5) is 5.69 Å². The number of anilines is 1. The van der Waals surface area contributed by atoms with Crippen LogP contribution in [0.2, 0.25) is 10.0 Å². The minimum atomic E-state index is -3.78. The summed E-state index contributed by atoms with van der Waals surface area (Å²) < 4.78 is 32.8. The molecule has 0 radical (unpaired) electrons. The van der Waals surface area contributed by atoms with Crippen molar-refractivity contribution in [1.82, 2.24) is 4.31 Å². The van der Waals surface area contributed by atoms with Crippen molar-refractivity contribution in [2.75, 3.05) is 31.6 Å². The van der Waals surface area contributed by atoms with Crippen LogP contribution >= 0.6 is 23.2 Å². The van der Waals surface area contributed by atoms with Crippen LogP contribution in [0, 0.1) is 0 Å². The van der Waals surface area contributed by atoms with Crippen molar-refractivity contribution >= 4 is 44.8 Å². The first-order chi connectivity index (χ1) is 14.7. The lowest BCUT2D eigenvalue weighted by Gasteiger charge is -2.36. The summed E-state index contributed by atoms with van der Waals surface area (Å²) >= 11 is 12.4. The summed E-state index contributed by atoms with van der Waals surface area (Å²) in [6, 6.07) is 11.8. The monoisotopic (exact) mass is 484 g/mol. The first-order valence-corrected chi connectivity index (χ1v) is 12.4. The number of nitrogens with zero attached hydrogens (tertiary/aromatic N) is 1. The summed E-state index contributed by atoms with van der Waals surface area (Å²) in [5.41, 5.74) is 0.361. The third-order valence-electron chi connectivity index (χ3n) is 5.67. The van der Waals surface area contributed by atoms with Gasteiger partial charge in [0.25, 0.3) is 0 Å². The van der Waals surface area contributed by atoms with E-state index in [1.807, 2.05) is 12.1 Å². The average Bonchev–Trinajstić information content (AvgIpc) is 2.76. The molecule has 0 spiro atoms. The molecule has 2 aromatic carbocycles. The molecule has 0 aliphatic carbocycles. The molecule has 1 N–H and O–H groups in total. The summed E-state index contributed by atoms with van der Waals surface area (Å²) in [6.45, 7) is 5.07. The molecular formula is C22H26Cl2N2O4S. The molecule has 1 amide bonds. The summed E-state index contributed by atoms with van der Waals surface area (Å²) in [7, 11) is -3.78. The SMILES string of the molecule is CCN(CC)S(=O)(=O)c1cc(NC(=O)C2(c3cccc(Cl)c3)CCOCC2)ccc1Cl. The van der Waals surface area contributed by atoms with Gasteiger partial charge >= 0.3 is 0 Å². The number of hydrogen-bond donors (Lipinski definition) is 1. The zero-order chi connectivity index (χ0) is 22.6. The van der Waals surface area contributed by atoms with Gasteiger partial charge in [0.1, 0.15) is 4.90 Å². The second kappa shape index (κ2) is 9.88. The number of carbonyl (C=O) groups is 1. The Kier molecular flexibility index (Phi) is 7.65. The first kappa shape index (κ1) is 24.0. The van der Waals surface area contributed by atoms with Crippen LogP contribution in [0.25, 0.3) is 0 Å². The largest absolute Gasteiger partial charge is 0.381 e. The van der Waals surface area contributed by atoms with E-state index < -0.39 is 15.4 Å². The number of carbonyl (C=O) groups excluding carboxylic acids is 1. The van der Waals surface area contributed by atoms with Gasteiger partial charge < -0.3 is 10.1 Å². The summed E-state index contributed by atoms with van der Waals surface area (Å²) in [6.07, 6.45) is 0.995. The molecule has 1 saturated heterocycles. The van der Waals surface area contributed by atoms with Crippen molar-refractivity contribution in [2.45, 2.75) is 37.0 Å². The van der Waals surface area contributed by atoms with Crippen LogP contribution in [0.5, 0.6) is 0 Å². The van der Waals surface area contributed by atoms with E-state index in [9.17, 15) is 13.2 Å². The van der Waals surface area contributed by atoms with Gasteiger partial charge in [-0.3, -0.25) is 4.79 Å². The first-order valence-electron chi connectivity index (χ1n) is 10.2. The molecule has 168 valence electrons. The van der Waals surface area contributed by atoms with Gasteiger partial charge in [-0.25, -0.2) is 8.42 Å². The maximum absolute atomic E-state index is 13.5. The number of halogens is 2. The van der Waals surface area contributed by atoms with E-state index in [2.05, 4.69) is 5.32 Å². The predicted octanol–water partition coefficient (Wildman–Crippen LogP) is 4.71. The summed E-state index contributed by atoms with van der Waals surface area (Å²) in [5.74, 6) is -0.230. The number of hydrogen-bond acceptors (Lipinski definition) is 4. The van der Waals surface area contributed by atoms with E-state index in [1.54, 1.807) is 32.0 Å². The van der Waals surface area contributed by atoms with E-state index in [4.69, 9.17) is 27.9 Å². The molecule has 2 aromatic rings. The Hall–Kier alpha value is -1.64. The third kappa shape index (κ3) is 4.91. The quantitative estimate of drug-likeness (QED) is 0.617. The highest BCUT2D eigenvalue weighted by atomic mass is 35.5. The Morgan fingerprint density at radius 2 is 1.77 bits per heavy atom. The van der Waals surface area contributed by atoms with Crippen LogP contribution < -0.4 is 5.32 Å². The molecule has 6 nitrogen and oxygen atoms in total. The molecule has 1 aliphatic rings. The molecule has 0 aromatic heterocycles. The second-order valence-electron chi connectivity index (χ2n) is 7.39. The lowest BCUT2D eigenvalue weighted by molar-refractivity contribution is -0.125. The standard InChI is InChI=1S/C22H26Cl2N2O4S/c1-3-26(4-2)31(28,29)20-15-18(8-9-19(20)24)25-21(27)22(10-12-30-13-11-22)16-6-5-7-17(23)14-16/h5-9,14-15H,3-4,10-13H2,1-2H3,(H,25,27). The topological polar surface area (TPSA) is 75.7 Å². The zero-order valence-corrected chi connectivity index (χ0v) is 19.9. The number of benzene rings is 2. The molecule has 9 heteroatoms. The van der Waals surface area contributed by atoms with Crippen LogP contribution in [0.1, 0.15) is 32.3 Å². The van der Waals surface area contributed by atoms with Gasteiger partial charge in [-0.15, -0.1) is 0 Å². The fourth-order valence-electron chi connectivity index (χ4n) is 3.88. The molecule has 0 saturated carbocycles. The molecular weight excluding hydrogens is 459 g/mol. The Balaban J connectivity index is 1.97. The highest BCUT2D eigenvalue weighted by Crippen LogP contribution is 2.37. The van der Waals surface area contributed by atoms with Gasteiger partial charge in [-0.1, -0.05) is 49.2 Å². The van der Waals surface area contributed by atoms with Gasteiger partial charge in [0.05, 0.1) is 10.4 Å². The smallest absolute Gasteiger partial charge is 0.244 e. The van der Waals surface area contributed by atoms with E-state index in [-0.39, 0.29) is 15.8 Å². The van der Waals surface area contributed by atoms with Crippen LogP contribution in [-0.4, -0.2) is 44.9 Å². The van der Waals surface area contributed by atoms with E-state index in [0.29, 0.717) is 49.9 Å². The van der Waals surface area contributed by atoms with E-state index in [0.717, 1.165) is 5.56 Å². The van der Waals surface area contributed by atoms with Crippen molar-refractivity contribution in [3.05, 3.63) is 58.1 Å². The fourth-order valence-corrected chi connectivity index (χ4v) is 6.03. The maximum atomic E-state index is 13.5. The molecule has 3 rings (SSSR count). The zero-order valence-electron chi connectivity index (χ0n) is 17.5. The number of nitrogens with one attached hydrogen (secondary N) is 1. The Labute approximate surface area is 193 Å². The average molecular weight is 485 g/mol. The van der Waals surface area contributed by atoms with E-state index >= 15 is 0 Å². The highest BCUT2D eigenvalue weighted by Gasteiger charge is 2.42. The minimum absolute atomic E-state index is 0.0283. The summed E-state index contributed by atoms with van der Waals surface area (Å²) in [4.78, 5) is 13.5. The third-order valence-corrected chi connectivity index (χ3v) is 8.44. The molecule has 1 fully saturated rings. The Bertz CT molecular complexity index is 1050. The molecule has 0 atom stereocenters. The molecule has 1 heterocycles. The number of rotatable bonds is 7. The molecule has 31 heavy (non-hydrogen) atoms. The van der Waals surface area contributed by atoms with Crippen molar-refractivity contribution in [3.63, 3.8) is 0 Å². The second-order valence-corrected chi connectivity index (χ2v) is 10.1. The van der Waals surface area contributed by atoms with Gasteiger partial charge in [0.2, 0.25) is 15.9 Å². The number of amides is 1. The lowest BCUT2D eigenvalue weighted by atomic mass is 9.73. The van der Waals surface area contributed by atoms with Gasteiger partial charge in [0.15, 0.2) is 0 Å². The van der Waals surface area contributed by atoms with Gasteiger partial charge in [-0.2, -0.15) is 4.31 Å². The lowest BCUT2D eigenvalue weighted by Crippen LogP contribution is -2.44. The van der Waals surface area contributed by atoms with Crippen LogP contribution in [0.15, 0.2) is 47.4 Å². The van der Waals surface area contributed by atoms with Gasteiger partial charge in [0, 0.05) is 37.0 Å². The predicted molar refractivity (Wildman–Crippen MR) is 123 cm³/mol. The highest BCUT2D eigenvalue weighted by molar-refractivity contribution is 7.89. The molecule has 0 bridgehead atoms. The Morgan fingerprint density at radius 1 is 1.10 bits per heavy atom. The van der Waals surface area contributed by atoms with Crippen LogP contribution in [0.3, 0.4) is 0 Å². The van der Waals surface area contributed by atoms with Crippen molar-refractivity contribution in [1.29, 1.82) is 0 Å². The summed E-state index contributed by atoms with van der Waals surface area (Å²) in [5, 5.41) is 3.57.